The van der Waals surface area contributed by atoms with Crippen molar-refractivity contribution in [1.29, 1.82) is 0 Å². The van der Waals surface area contributed by atoms with Crippen LogP contribution in [-0.4, -0.2) is 6.61 Å². The van der Waals surface area contributed by atoms with E-state index >= 15 is 0 Å². The van der Waals surface area contributed by atoms with E-state index in [-0.39, 0.29) is 5.41 Å². The normalized spacial score (nSPS) is 11.4. The molecule has 0 aliphatic rings. The average molecular weight is 395 g/mol. The molecule has 0 spiro atoms. The van der Waals surface area contributed by atoms with Crippen molar-refractivity contribution in [2.24, 2.45) is 5.41 Å². The summed E-state index contributed by atoms with van der Waals surface area (Å²) in [7, 11) is 0. The van der Waals surface area contributed by atoms with Gasteiger partial charge in [0, 0.05) is 5.02 Å². The Balaban J connectivity index is 1.47. The van der Waals surface area contributed by atoms with E-state index in [1.54, 1.807) is 0 Å². The summed E-state index contributed by atoms with van der Waals surface area (Å²) in [5.74, 6) is 1.66. The van der Waals surface area contributed by atoms with Crippen molar-refractivity contribution in [3.05, 3.63) is 95.0 Å². The minimum atomic E-state index is 0.109. The highest BCUT2D eigenvalue weighted by Gasteiger charge is 2.18. The van der Waals surface area contributed by atoms with E-state index < -0.39 is 0 Å². The van der Waals surface area contributed by atoms with Crippen LogP contribution in [-0.2, 0) is 17.8 Å². The quantitative estimate of drug-likeness (QED) is 0.378. The van der Waals surface area contributed by atoms with Gasteiger partial charge in [-0.2, -0.15) is 0 Å². The van der Waals surface area contributed by atoms with Crippen LogP contribution < -0.4 is 4.74 Å². The molecular weight excluding hydrogens is 368 g/mol. The Morgan fingerprint density at radius 2 is 1.50 bits per heavy atom. The van der Waals surface area contributed by atoms with E-state index in [9.17, 15) is 0 Å². The van der Waals surface area contributed by atoms with Gasteiger partial charge in [-0.25, -0.2) is 0 Å². The van der Waals surface area contributed by atoms with Gasteiger partial charge in [0.25, 0.3) is 0 Å². The van der Waals surface area contributed by atoms with E-state index in [1.807, 2.05) is 60.7 Å². The van der Waals surface area contributed by atoms with Crippen LogP contribution >= 0.6 is 11.6 Å². The summed E-state index contributed by atoms with van der Waals surface area (Å²) in [5, 5.41) is 0.782. The van der Waals surface area contributed by atoms with E-state index in [1.165, 1.54) is 5.56 Å². The highest BCUT2D eigenvalue weighted by molar-refractivity contribution is 6.30. The molecule has 3 rings (SSSR count). The zero-order valence-corrected chi connectivity index (χ0v) is 17.3. The van der Waals surface area contributed by atoms with Gasteiger partial charge in [-0.1, -0.05) is 67.9 Å². The summed E-state index contributed by atoms with van der Waals surface area (Å²) in [5.41, 5.74) is 2.53. The van der Waals surface area contributed by atoms with Crippen LogP contribution in [0.3, 0.4) is 0 Å². The molecule has 28 heavy (non-hydrogen) atoms. The van der Waals surface area contributed by atoms with Crippen LogP contribution in [0.4, 0.5) is 0 Å². The summed E-state index contributed by atoms with van der Waals surface area (Å²) in [6.45, 7) is 5.79. The number of hydrogen-bond acceptors (Lipinski definition) is 2. The number of rotatable bonds is 9. The molecule has 0 aliphatic heterocycles. The Bertz CT molecular complexity index is 857. The number of hydrogen-bond donors (Lipinski definition) is 0. The Morgan fingerprint density at radius 1 is 0.786 bits per heavy atom. The van der Waals surface area contributed by atoms with Gasteiger partial charge in [0.1, 0.15) is 11.5 Å². The standard InChI is InChI=1S/C25H27ClO2/c1-25(2,16-15-20-11-13-22(26)14-12-20)19-27-18-21-7-6-10-24(17-21)28-23-8-4-3-5-9-23/h3-14,17H,15-16,18-19H2,1-2H3. The van der Waals surface area contributed by atoms with Crippen LogP contribution in [0.2, 0.25) is 5.02 Å². The van der Waals surface area contributed by atoms with Gasteiger partial charge in [-0.3, -0.25) is 0 Å². The number of aryl methyl sites for hydroxylation is 1. The molecule has 0 bridgehead atoms. The van der Waals surface area contributed by atoms with Crippen LogP contribution in [0.5, 0.6) is 11.5 Å². The van der Waals surface area contributed by atoms with E-state index in [0.717, 1.165) is 34.9 Å². The first-order chi connectivity index (χ1) is 13.5. The maximum absolute atomic E-state index is 6.02. The fraction of sp³-hybridized carbons (Fsp3) is 0.280. The lowest BCUT2D eigenvalue weighted by molar-refractivity contribution is 0.0472. The molecule has 0 aromatic heterocycles. The number of para-hydroxylation sites is 1. The maximum Gasteiger partial charge on any atom is 0.127 e. The third-order valence-corrected chi connectivity index (χ3v) is 4.89. The Hall–Kier alpha value is -2.29. The zero-order chi connectivity index (χ0) is 19.8. The number of benzene rings is 3. The molecule has 146 valence electrons. The summed E-state index contributed by atoms with van der Waals surface area (Å²) in [6, 6.07) is 26.0. The van der Waals surface area contributed by atoms with Gasteiger partial charge >= 0.3 is 0 Å². The lowest BCUT2D eigenvalue weighted by Crippen LogP contribution is -2.20. The Labute approximate surface area is 173 Å². The van der Waals surface area contributed by atoms with Gasteiger partial charge in [-0.05, 0) is 65.8 Å². The number of halogens is 1. The summed E-state index contributed by atoms with van der Waals surface area (Å²) in [4.78, 5) is 0. The highest BCUT2D eigenvalue weighted by Crippen LogP contribution is 2.26. The molecule has 0 atom stereocenters. The second-order valence-corrected chi connectivity index (χ2v) is 8.28. The second-order valence-electron chi connectivity index (χ2n) is 7.85. The van der Waals surface area contributed by atoms with Crippen LogP contribution in [0.1, 0.15) is 31.4 Å². The third kappa shape index (κ3) is 6.70. The predicted molar refractivity (Wildman–Crippen MR) is 116 cm³/mol. The average Bonchev–Trinajstić information content (AvgIpc) is 2.69. The summed E-state index contributed by atoms with van der Waals surface area (Å²) in [6.07, 6.45) is 2.08. The largest absolute Gasteiger partial charge is 0.457 e. The minimum absolute atomic E-state index is 0.109. The maximum atomic E-state index is 6.02. The molecule has 3 aromatic carbocycles. The molecule has 0 radical (unpaired) electrons. The van der Waals surface area contributed by atoms with Crippen LogP contribution in [0.15, 0.2) is 78.9 Å². The van der Waals surface area contributed by atoms with Crippen molar-refractivity contribution in [2.75, 3.05) is 6.61 Å². The topological polar surface area (TPSA) is 18.5 Å². The monoisotopic (exact) mass is 394 g/mol. The van der Waals surface area contributed by atoms with Gasteiger partial charge in [0.2, 0.25) is 0 Å². The molecular formula is C25H27ClO2. The molecule has 2 nitrogen and oxygen atoms in total. The van der Waals surface area contributed by atoms with Crippen molar-refractivity contribution in [3.8, 4) is 11.5 Å². The first kappa shape index (κ1) is 20.4. The molecule has 0 N–H and O–H groups in total. The van der Waals surface area contributed by atoms with Crippen LogP contribution in [0.25, 0.3) is 0 Å². The fourth-order valence-electron chi connectivity index (χ4n) is 2.97. The Kier molecular flexibility index (Phi) is 7.13. The van der Waals surface area contributed by atoms with Crippen LogP contribution in [0, 0.1) is 5.41 Å². The van der Waals surface area contributed by atoms with Crippen molar-refractivity contribution < 1.29 is 9.47 Å². The molecule has 0 unspecified atom stereocenters. The minimum Gasteiger partial charge on any atom is -0.457 e. The molecule has 0 amide bonds. The molecule has 0 aliphatic carbocycles. The summed E-state index contributed by atoms with van der Waals surface area (Å²) < 4.78 is 11.9. The van der Waals surface area contributed by atoms with Crippen molar-refractivity contribution in [2.45, 2.75) is 33.3 Å². The molecule has 3 heteroatoms. The van der Waals surface area contributed by atoms with Gasteiger partial charge in [-0.15, -0.1) is 0 Å². The predicted octanol–water partition coefficient (Wildman–Crippen LogP) is 7.31. The molecule has 3 aromatic rings. The first-order valence-electron chi connectivity index (χ1n) is 9.64. The fourth-order valence-corrected chi connectivity index (χ4v) is 3.10. The van der Waals surface area contributed by atoms with Crippen molar-refractivity contribution in [3.63, 3.8) is 0 Å². The van der Waals surface area contributed by atoms with Gasteiger partial charge in [0.05, 0.1) is 13.2 Å². The first-order valence-corrected chi connectivity index (χ1v) is 10.0. The lowest BCUT2D eigenvalue weighted by Gasteiger charge is -2.24. The van der Waals surface area contributed by atoms with E-state index in [2.05, 4.69) is 32.0 Å². The molecule has 0 saturated carbocycles. The Morgan fingerprint density at radius 3 is 2.25 bits per heavy atom. The van der Waals surface area contributed by atoms with Crippen molar-refractivity contribution in [1.82, 2.24) is 0 Å². The van der Waals surface area contributed by atoms with E-state index in [0.29, 0.717) is 13.2 Å². The molecule has 0 saturated heterocycles. The smallest absolute Gasteiger partial charge is 0.127 e. The van der Waals surface area contributed by atoms with E-state index in [4.69, 9.17) is 21.1 Å². The second kappa shape index (κ2) is 9.77. The third-order valence-electron chi connectivity index (χ3n) is 4.64. The molecule has 0 fully saturated rings. The lowest BCUT2D eigenvalue weighted by atomic mass is 9.87. The number of ether oxygens (including phenoxy) is 2. The molecule has 0 heterocycles. The zero-order valence-electron chi connectivity index (χ0n) is 16.5. The van der Waals surface area contributed by atoms with Crippen molar-refractivity contribution >= 4 is 11.6 Å². The van der Waals surface area contributed by atoms with Gasteiger partial charge < -0.3 is 9.47 Å². The highest BCUT2D eigenvalue weighted by atomic mass is 35.5. The summed E-state index contributed by atoms with van der Waals surface area (Å²) >= 11 is 5.96. The SMILES string of the molecule is CC(C)(CCc1ccc(Cl)cc1)COCc1cccc(Oc2ccccc2)c1. The van der Waals surface area contributed by atoms with Gasteiger partial charge in [0.15, 0.2) is 0 Å².